The smallest absolute Gasteiger partial charge is 0.222 e. The Bertz CT molecular complexity index is 432. The third-order valence-electron chi connectivity index (χ3n) is 4.71. The van der Waals surface area contributed by atoms with Crippen LogP contribution in [0.2, 0.25) is 0 Å². The van der Waals surface area contributed by atoms with Gasteiger partial charge in [0.25, 0.3) is 0 Å². The van der Waals surface area contributed by atoms with Gasteiger partial charge in [0.15, 0.2) is 5.96 Å². The Balaban J connectivity index is 0.00000338. The van der Waals surface area contributed by atoms with Crippen LogP contribution in [0.4, 0.5) is 0 Å². The van der Waals surface area contributed by atoms with Crippen molar-refractivity contribution in [2.24, 2.45) is 4.99 Å². The van der Waals surface area contributed by atoms with Gasteiger partial charge in [-0.25, -0.2) is 0 Å². The van der Waals surface area contributed by atoms with Crippen LogP contribution in [-0.4, -0.2) is 87.2 Å². The van der Waals surface area contributed by atoms with E-state index in [-0.39, 0.29) is 24.0 Å². The van der Waals surface area contributed by atoms with Crippen molar-refractivity contribution in [1.29, 1.82) is 0 Å². The molecular weight excluding hydrogens is 445 g/mol. The van der Waals surface area contributed by atoms with Crippen molar-refractivity contribution < 1.29 is 9.53 Å². The molecule has 2 rings (SSSR count). The predicted molar refractivity (Wildman–Crippen MR) is 116 cm³/mol. The molecule has 152 valence electrons. The Kier molecular flexibility index (Phi) is 12.2. The van der Waals surface area contributed by atoms with Gasteiger partial charge in [0.05, 0.1) is 6.61 Å². The monoisotopic (exact) mass is 481 g/mol. The number of nitrogens with zero attached hydrogens (tertiary/aromatic N) is 3. The first-order valence-electron chi connectivity index (χ1n) is 9.77. The second-order valence-corrected chi connectivity index (χ2v) is 6.79. The second-order valence-electron chi connectivity index (χ2n) is 6.79. The van der Waals surface area contributed by atoms with E-state index in [4.69, 9.17) is 4.74 Å². The Hall–Kier alpha value is -0.610. The van der Waals surface area contributed by atoms with E-state index in [1.807, 2.05) is 4.90 Å². The first-order valence-corrected chi connectivity index (χ1v) is 9.77. The third-order valence-corrected chi connectivity index (χ3v) is 4.71. The number of aliphatic imine (C=N–C) groups is 1. The van der Waals surface area contributed by atoms with E-state index in [0.29, 0.717) is 12.3 Å². The molecule has 1 saturated carbocycles. The summed E-state index contributed by atoms with van der Waals surface area (Å²) in [6.07, 6.45) is 5.27. The van der Waals surface area contributed by atoms with Gasteiger partial charge in [-0.3, -0.25) is 14.7 Å². The summed E-state index contributed by atoms with van der Waals surface area (Å²) < 4.78 is 5.21. The van der Waals surface area contributed by atoms with E-state index in [9.17, 15) is 4.79 Å². The summed E-state index contributed by atoms with van der Waals surface area (Å²) in [5.41, 5.74) is 0. The molecule has 0 aromatic carbocycles. The van der Waals surface area contributed by atoms with Crippen LogP contribution in [0.25, 0.3) is 0 Å². The van der Waals surface area contributed by atoms with Gasteiger partial charge in [-0.2, -0.15) is 0 Å². The number of methoxy groups -OCH3 is 1. The number of likely N-dealkylation sites (tertiary alicyclic amines) is 1. The molecule has 0 spiro atoms. The summed E-state index contributed by atoms with van der Waals surface area (Å²) in [4.78, 5) is 20.7. The maximum atomic E-state index is 11.6. The number of hydrogen-bond donors (Lipinski definition) is 2. The Morgan fingerprint density at radius 1 is 1.35 bits per heavy atom. The first-order chi connectivity index (χ1) is 12.2. The van der Waals surface area contributed by atoms with Crippen molar-refractivity contribution >= 4 is 35.8 Å². The minimum absolute atomic E-state index is 0. The number of nitrogens with one attached hydrogen (secondary N) is 2. The molecule has 26 heavy (non-hydrogen) atoms. The average Bonchev–Trinajstić information content (AvgIpc) is 3.37. The van der Waals surface area contributed by atoms with Crippen molar-refractivity contribution in [3.05, 3.63) is 0 Å². The van der Waals surface area contributed by atoms with Gasteiger partial charge in [-0.15, -0.1) is 24.0 Å². The first kappa shape index (κ1) is 23.4. The summed E-state index contributed by atoms with van der Waals surface area (Å²) in [6.45, 7) is 9.11. The predicted octanol–water partition coefficient (Wildman–Crippen LogP) is 1.28. The highest BCUT2D eigenvalue weighted by molar-refractivity contribution is 14.0. The molecule has 1 heterocycles. The highest BCUT2D eigenvalue weighted by atomic mass is 127. The molecular formula is C18H36IN5O2. The van der Waals surface area contributed by atoms with Gasteiger partial charge in [-0.1, -0.05) is 0 Å². The van der Waals surface area contributed by atoms with Gasteiger partial charge in [0, 0.05) is 65.4 Å². The van der Waals surface area contributed by atoms with E-state index in [2.05, 4.69) is 27.4 Å². The Labute approximate surface area is 175 Å². The fourth-order valence-corrected chi connectivity index (χ4v) is 3.18. The zero-order valence-electron chi connectivity index (χ0n) is 16.3. The molecule has 1 amide bonds. The maximum absolute atomic E-state index is 11.6. The number of rotatable bonds is 12. The lowest BCUT2D eigenvalue weighted by atomic mass is 10.4. The third kappa shape index (κ3) is 8.85. The summed E-state index contributed by atoms with van der Waals surface area (Å²) in [5, 5.41) is 6.72. The zero-order valence-corrected chi connectivity index (χ0v) is 18.7. The van der Waals surface area contributed by atoms with Crippen LogP contribution >= 0.6 is 24.0 Å². The normalized spacial score (nSPS) is 17.6. The zero-order chi connectivity index (χ0) is 17.9. The maximum Gasteiger partial charge on any atom is 0.222 e. The Morgan fingerprint density at radius 3 is 2.77 bits per heavy atom. The topological polar surface area (TPSA) is 69.2 Å². The number of carbonyl (C=O) groups is 1. The highest BCUT2D eigenvalue weighted by Gasteiger charge is 2.28. The molecule has 2 fully saturated rings. The van der Waals surface area contributed by atoms with E-state index in [0.717, 1.165) is 77.3 Å². The van der Waals surface area contributed by atoms with E-state index in [1.54, 1.807) is 7.11 Å². The van der Waals surface area contributed by atoms with Crippen molar-refractivity contribution in [1.82, 2.24) is 20.4 Å². The fraction of sp³-hybridized carbons (Fsp3) is 0.889. The van der Waals surface area contributed by atoms with Gasteiger partial charge >= 0.3 is 0 Å². The number of guanidine groups is 1. The van der Waals surface area contributed by atoms with Crippen molar-refractivity contribution in [3.63, 3.8) is 0 Å². The molecule has 2 aliphatic rings. The lowest BCUT2D eigenvalue weighted by Crippen LogP contribution is -2.43. The Morgan fingerprint density at radius 2 is 2.15 bits per heavy atom. The molecule has 8 heteroatoms. The van der Waals surface area contributed by atoms with Crippen LogP contribution in [0.5, 0.6) is 0 Å². The molecule has 0 aromatic rings. The van der Waals surface area contributed by atoms with Gasteiger partial charge in [0.1, 0.15) is 0 Å². The summed E-state index contributed by atoms with van der Waals surface area (Å²) >= 11 is 0. The quantitative estimate of drug-likeness (QED) is 0.190. The van der Waals surface area contributed by atoms with Crippen LogP contribution in [0.3, 0.4) is 0 Å². The minimum atomic E-state index is 0. The van der Waals surface area contributed by atoms with E-state index in [1.165, 1.54) is 12.8 Å². The van der Waals surface area contributed by atoms with Crippen LogP contribution in [-0.2, 0) is 9.53 Å². The second kappa shape index (κ2) is 13.5. The summed E-state index contributed by atoms with van der Waals surface area (Å²) in [6, 6.07) is 0.745. The number of hydrogen-bond acceptors (Lipinski definition) is 4. The van der Waals surface area contributed by atoms with Crippen LogP contribution in [0.15, 0.2) is 4.99 Å². The van der Waals surface area contributed by atoms with Crippen LogP contribution < -0.4 is 10.6 Å². The standard InChI is InChI=1S/C18H35N5O2.HI/c1-3-19-18(20-9-5-12-23-11-4-6-17(23)24)21-10-13-22(14-15-25-2)16-7-8-16;/h16H,3-15H2,1-2H3,(H2,19,20,21);1H. The van der Waals surface area contributed by atoms with Gasteiger partial charge in [-0.05, 0) is 32.6 Å². The number of halogens is 1. The van der Waals surface area contributed by atoms with Crippen LogP contribution in [0, 0.1) is 0 Å². The van der Waals surface area contributed by atoms with Crippen molar-refractivity contribution in [2.45, 2.75) is 45.1 Å². The van der Waals surface area contributed by atoms with E-state index < -0.39 is 0 Å². The molecule has 1 saturated heterocycles. The lowest BCUT2D eigenvalue weighted by Gasteiger charge is -2.22. The SMILES string of the molecule is CCNC(=NCCCN1CCCC1=O)NCCN(CCOC)C1CC1.I. The molecule has 0 unspecified atom stereocenters. The highest BCUT2D eigenvalue weighted by Crippen LogP contribution is 2.25. The molecule has 1 aliphatic carbocycles. The largest absolute Gasteiger partial charge is 0.383 e. The van der Waals surface area contributed by atoms with Gasteiger partial charge < -0.3 is 20.3 Å². The lowest BCUT2D eigenvalue weighted by molar-refractivity contribution is -0.127. The molecule has 1 aliphatic heterocycles. The molecule has 7 nitrogen and oxygen atoms in total. The molecule has 0 aromatic heterocycles. The minimum Gasteiger partial charge on any atom is -0.383 e. The summed E-state index contributed by atoms with van der Waals surface area (Å²) in [5.74, 6) is 1.17. The number of carbonyl (C=O) groups excluding carboxylic acids is 1. The molecule has 0 atom stereocenters. The van der Waals surface area contributed by atoms with E-state index >= 15 is 0 Å². The molecule has 0 bridgehead atoms. The van der Waals surface area contributed by atoms with Crippen LogP contribution in [0.1, 0.15) is 39.0 Å². The average molecular weight is 481 g/mol. The summed E-state index contributed by atoms with van der Waals surface area (Å²) in [7, 11) is 1.76. The number of amides is 1. The molecule has 0 radical (unpaired) electrons. The molecule has 2 N–H and O–H groups in total. The fourth-order valence-electron chi connectivity index (χ4n) is 3.18. The number of ether oxygens (including phenoxy) is 1. The van der Waals surface area contributed by atoms with Crippen molar-refractivity contribution in [3.8, 4) is 0 Å². The van der Waals surface area contributed by atoms with Gasteiger partial charge in [0.2, 0.25) is 5.91 Å². The van der Waals surface area contributed by atoms with Crippen molar-refractivity contribution in [2.75, 3.05) is 59.5 Å².